The van der Waals surface area contributed by atoms with E-state index < -0.39 is 5.54 Å². The lowest BCUT2D eigenvalue weighted by molar-refractivity contribution is 0.191. The van der Waals surface area contributed by atoms with Crippen molar-refractivity contribution in [2.24, 2.45) is 0 Å². The van der Waals surface area contributed by atoms with Crippen LogP contribution in [0.3, 0.4) is 0 Å². The van der Waals surface area contributed by atoms with Crippen molar-refractivity contribution in [3.05, 3.63) is 30.1 Å². The molecular weight excluding hydrogens is 214 g/mol. The molecule has 0 spiro atoms. The summed E-state index contributed by atoms with van der Waals surface area (Å²) in [4.78, 5) is 18.0. The minimum absolute atomic E-state index is 0.0503. The molecule has 0 radical (unpaired) electrons. The van der Waals surface area contributed by atoms with Gasteiger partial charge >= 0.3 is 6.03 Å². The first kappa shape index (κ1) is 13.5. The minimum atomic E-state index is -0.457. The molecule has 1 aromatic heterocycles. The average Bonchev–Trinajstić information content (AvgIpc) is 2.31. The molecule has 94 valence electrons. The Balaban J connectivity index is 2.76. The van der Waals surface area contributed by atoms with Crippen molar-refractivity contribution in [3.8, 4) is 0 Å². The van der Waals surface area contributed by atoms with E-state index in [1.165, 1.54) is 0 Å². The molecule has 0 saturated heterocycles. The monoisotopic (exact) mass is 235 g/mol. The third-order valence-corrected chi connectivity index (χ3v) is 2.78. The van der Waals surface area contributed by atoms with Gasteiger partial charge < -0.3 is 10.2 Å². The molecule has 17 heavy (non-hydrogen) atoms. The lowest BCUT2D eigenvalue weighted by Gasteiger charge is -2.29. The van der Waals surface area contributed by atoms with Crippen molar-refractivity contribution in [1.82, 2.24) is 15.2 Å². The summed E-state index contributed by atoms with van der Waals surface area (Å²) < 4.78 is 0. The van der Waals surface area contributed by atoms with Crippen LogP contribution in [-0.4, -0.2) is 29.0 Å². The van der Waals surface area contributed by atoms with E-state index in [0.717, 1.165) is 5.69 Å². The van der Waals surface area contributed by atoms with E-state index in [-0.39, 0.29) is 6.03 Å². The number of carbonyl (C=O) groups excluding carboxylic acids is 1. The minimum Gasteiger partial charge on any atom is -0.327 e. The van der Waals surface area contributed by atoms with Gasteiger partial charge in [-0.15, -0.1) is 0 Å². The Hall–Kier alpha value is -1.58. The standard InChI is InChI=1S/C13H21N3O/c1-5-16(6-2)12(17)15-13(3,4)11-9-7-8-10-14-11/h7-10H,5-6H2,1-4H3,(H,15,17). The Bertz CT molecular complexity index is 358. The summed E-state index contributed by atoms with van der Waals surface area (Å²) in [6.07, 6.45) is 1.74. The fraction of sp³-hybridized carbons (Fsp3) is 0.538. The van der Waals surface area contributed by atoms with Crippen LogP contribution in [0.25, 0.3) is 0 Å². The SMILES string of the molecule is CCN(CC)C(=O)NC(C)(C)c1ccccn1. The van der Waals surface area contributed by atoms with Gasteiger partial charge in [-0.25, -0.2) is 4.79 Å². The van der Waals surface area contributed by atoms with Crippen LogP contribution in [0.15, 0.2) is 24.4 Å². The van der Waals surface area contributed by atoms with Crippen LogP contribution in [0.4, 0.5) is 4.79 Å². The molecule has 4 nitrogen and oxygen atoms in total. The number of carbonyl (C=O) groups is 1. The molecule has 1 heterocycles. The molecule has 0 fully saturated rings. The summed E-state index contributed by atoms with van der Waals surface area (Å²) in [6, 6.07) is 5.66. The highest BCUT2D eigenvalue weighted by molar-refractivity contribution is 5.75. The lowest BCUT2D eigenvalue weighted by Crippen LogP contribution is -2.48. The van der Waals surface area contributed by atoms with Crippen LogP contribution in [0.5, 0.6) is 0 Å². The molecule has 0 aliphatic rings. The highest BCUT2D eigenvalue weighted by atomic mass is 16.2. The third kappa shape index (κ3) is 3.44. The molecule has 0 saturated carbocycles. The van der Waals surface area contributed by atoms with Crippen LogP contribution in [0, 0.1) is 0 Å². The van der Waals surface area contributed by atoms with Crippen LogP contribution < -0.4 is 5.32 Å². The highest BCUT2D eigenvalue weighted by Gasteiger charge is 2.25. The second-order valence-corrected chi connectivity index (χ2v) is 4.44. The van der Waals surface area contributed by atoms with Crippen LogP contribution in [0.2, 0.25) is 0 Å². The zero-order valence-electron chi connectivity index (χ0n) is 11.0. The Kier molecular flexibility index (Phi) is 4.49. The molecule has 0 aliphatic carbocycles. The Morgan fingerprint density at radius 3 is 2.47 bits per heavy atom. The van der Waals surface area contributed by atoms with E-state index in [9.17, 15) is 4.79 Å². The Labute approximate surface area is 103 Å². The maximum absolute atomic E-state index is 12.0. The average molecular weight is 235 g/mol. The lowest BCUT2D eigenvalue weighted by atomic mass is 10.0. The molecule has 0 aliphatic heterocycles. The van der Waals surface area contributed by atoms with E-state index in [1.54, 1.807) is 11.1 Å². The summed E-state index contributed by atoms with van der Waals surface area (Å²) in [7, 11) is 0. The molecular formula is C13H21N3O. The van der Waals surface area contributed by atoms with Crippen molar-refractivity contribution in [2.75, 3.05) is 13.1 Å². The van der Waals surface area contributed by atoms with Crippen molar-refractivity contribution in [2.45, 2.75) is 33.2 Å². The normalized spacial score (nSPS) is 11.1. The molecule has 1 aromatic rings. The first-order chi connectivity index (χ1) is 8.01. The summed E-state index contributed by atoms with van der Waals surface area (Å²) in [5, 5.41) is 3.00. The van der Waals surface area contributed by atoms with E-state index in [2.05, 4.69) is 10.3 Å². The molecule has 0 unspecified atom stereocenters. The maximum atomic E-state index is 12.0. The number of pyridine rings is 1. The van der Waals surface area contributed by atoms with Crippen LogP contribution in [0.1, 0.15) is 33.4 Å². The van der Waals surface area contributed by atoms with Crippen LogP contribution >= 0.6 is 0 Å². The van der Waals surface area contributed by atoms with Gasteiger partial charge in [-0.1, -0.05) is 6.07 Å². The summed E-state index contributed by atoms with van der Waals surface area (Å²) in [6.45, 7) is 9.27. The molecule has 2 amide bonds. The number of hydrogen-bond acceptors (Lipinski definition) is 2. The molecule has 1 rings (SSSR count). The number of nitrogens with zero attached hydrogens (tertiary/aromatic N) is 2. The van der Waals surface area contributed by atoms with Gasteiger partial charge in [0.05, 0.1) is 11.2 Å². The Morgan fingerprint density at radius 2 is 2.00 bits per heavy atom. The third-order valence-electron chi connectivity index (χ3n) is 2.78. The predicted molar refractivity (Wildman–Crippen MR) is 68.7 cm³/mol. The predicted octanol–water partition coefficient (Wildman–Crippen LogP) is 2.37. The number of nitrogens with one attached hydrogen (secondary N) is 1. The number of amides is 2. The van der Waals surface area contributed by atoms with Gasteiger partial charge in [0.2, 0.25) is 0 Å². The van der Waals surface area contributed by atoms with E-state index in [0.29, 0.717) is 13.1 Å². The van der Waals surface area contributed by atoms with Gasteiger partial charge in [-0.2, -0.15) is 0 Å². The largest absolute Gasteiger partial charge is 0.327 e. The molecule has 0 aromatic carbocycles. The van der Waals surface area contributed by atoms with E-state index in [4.69, 9.17) is 0 Å². The van der Waals surface area contributed by atoms with Crippen molar-refractivity contribution in [3.63, 3.8) is 0 Å². The van der Waals surface area contributed by atoms with Gasteiger partial charge in [-0.05, 0) is 39.8 Å². The van der Waals surface area contributed by atoms with Crippen molar-refractivity contribution in [1.29, 1.82) is 0 Å². The van der Waals surface area contributed by atoms with Crippen molar-refractivity contribution < 1.29 is 4.79 Å². The molecule has 1 N–H and O–H groups in total. The van der Waals surface area contributed by atoms with E-state index in [1.807, 2.05) is 45.9 Å². The van der Waals surface area contributed by atoms with Gasteiger partial charge in [0.25, 0.3) is 0 Å². The fourth-order valence-corrected chi connectivity index (χ4v) is 1.65. The zero-order valence-corrected chi connectivity index (χ0v) is 11.0. The first-order valence-corrected chi connectivity index (χ1v) is 5.99. The topological polar surface area (TPSA) is 45.2 Å². The molecule has 0 atom stereocenters. The number of urea groups is 1. The van der Waals surface area contributed by atoms with E-state index >= 15 is 0 Å². The van der Waals surface area contributed by atoms with Gasteiger partial charge in [0.15, 0.2) is 0 Å². The number of hydrogen-bond donors (Lipinski definition) is 1. The quantitative estimate of drug-likeness (QED) is 0.870. The van der Waals surface area contributed by atoms with Gasteiger partial charge in [0.1, 0.15) is 0 Å². The fourth-order valence-electron chi connectivity index (χ4n) is 1.65. The molecule has 4 heteroatoms. The summed E-state index contributed by atoms with van der Waals surface area (Å²) in [5.74, 6) is 0. The smallest absolute Gasteiger partial charge is 0.318 e. The first-order valence-electron chi connectivity index (χ1n) is 5.99. The highest BCUT2D eigenvalue weighted by Crippen LogP contribution is 2.17. The number of aromatic nitrogens is 1. The molecule has 0 bridgehead atoms. The van der Waals surface area contributed by atoms with Crippen LogP contribution in [-0.2, 0) is 5.54 Å². The summed E-state index contributed by atoms with van der Waals surface area (Å²) >= 11 is 0. The maximum Gasteiger partial charge on any atom is 0.318 e. The summed E-state index contributed by atoms with van der Waals surface area (Å²) in [5.41, 5.74) is 0.404. The van der Waals surface area contributed by atoms with Gasteiger partial charge in [-0.3, -0.25) is 4.98 Å². The van der Waals surface area contributed by atoms with Crippen molar-refractivity contribution >= 4 is 6.03 Å². The second kappa shape index (κ2) is 5.66. The number of rotatable bonds is 4. The Morgan fingerprint density at radius 1 is 1.35 bits per heavy atom. The zero-order chi connectivity index (χ0) is 12.9. The second-order valence-electron chi connectivity index (χ2n) is 4.44. The van der Waals surface area contributed by atoms with Gasteiger partial charge in [0, 0.05) is 19.3 Å².